The topological polar surface area (TPSA) is 12.0 Å². The number of rotatable bonds is 4. The van der Waals surface area contributed by atoms with Crippen molar-refractivity contribution in [1.82, 2.24) is 5.32 Å². The molecule has 2 rings (SSSR count). The van der Waals surface area contributed by atoms with E-state index in [2.05, 4.69) is 41.2 Å². The van der Waals surface area contributed by atoms with Crippen LogP contribution in [0.5, 0.6) is 0 Å². The molecule has 0 aliphatic carbocycles. The molecule has 0 amide bonds. The van der Waals surface area contributed by atoms with E-state index in [9.17, 15) is 4.39 Å². The Labute approximate surface area is 119 Å². The van der Waals surface area contributed by atoms with Gasteiger partial charge in [-0.05, 0) is 30.3 Å². The summed E-state index contributed by atoms with van der Waals surface area (Å²) in [7, 11) is 0. The fourth-order valence-corrected chi connectivity index (χ4v) is 2.95. The van der Waals surface area contributed by atoms with E-state index in [1.54, 1.807) is 17.4 Å². The molecule has 1 aromatic carbocycles. The van der Waals surface area contributed by atoms with Gasteiger partial charge in [0.25, 0.3) is 0 Å². The van der Waals surface area contributed by atoms with Gasteiger partial charge in [-0.25, -0.2) is 4.39 Å². The van der Waals surface area contributed by atoms with Crippen molar-refractivity contribution in [3.63, 3.8) is 0 Å². The average molecular weight is 328 g/mol. The van der Waals surface area contributed by atoms with Crippen molar-refractivity contribution in [2.24, 2.45) is 0 Å². The van der Waals surface area contributed by atoms with Crippen LogP contribution in [0.15, 0.2) is 34.8 Å². The molecule has 1 aromatic heterocycles. The zero-order chi connectivity index (χ0) is 13.1. The van der Waals surface area contributed by atoms with E-state index in [-0.39, 0.29) is 5.82 Å². The maximum absolute atomic E-state index is 13.7. The van der Waals surface area contributed by atoms with E-state index in [4.69, 9.17) is 0 Å². The first-order valence-electron chi connectivity index (χ1n) is 5.84. The molecule has 1 N–H and O–H groups in total. The lowest BCUT2D eigenvalue weighted by Crippen LogP contribution is -2.21. The van der Waals surface area contributed by atoms with E-state index in [0.29, 0.717) is 11.6 Å². The zero-order valence-electron chi connectivity index (χ0n) is 10.3. The van der Waals surface area contributed by atoms with Crippen LogP contribution in [0.25, 0.3) is 10.4 Å². The Hall–Kier alpha value is -0.710. The molecular weight excluding hydrogens is 313 g/mol. The monoisotopic (exact) mass is 327 g/mol. The summed E-state index contributed by atoms with van der Waals surface area (Å²) in [5.41, 5.74) is 0.658. The minimum Gasteiger partial charge on any atom is -0.310 e. The number of halogens is 2. The van der Waals surface area contributed by atoms with Crippen LogP contribution in [-0.2, 0) is 6.54 Å². The highest BCUT2D eigenvalue weighted by atomic mass is 79.9. The van der Waals surface area contributed by atoms with Crippen LogP contribution in [0.2, 0.25) is 0 Å². The quantitative estimate of drug-likeness (QED) is 0.849. The van der Waals surface area contributed by atoms with Crippen LogP contribution in [0.3, 0.4) is 0 Å². The van der Waals surface area contributed by atoms with E-state index >= 15 is 0 Å². The molecular formula is C14H15BrFNS. The second kappa shape index (κ2) is 5.95. The van der Waals surface area contributed by atoms with E-state index in [1.807, 2.05) is 12.1 Å². The van der Waals surface area contributed by atoms with Crippen LogP contribution in [-0.4, -0.2) is 6.04 Å². The predicted molar refractivity (Wildman–Crippen MR) is 79.4 cm³/mol. The maximum Gasteiger partial charge on any atom is 0.131 e. The fraction of sp³-hybridized carbons (Fsp3) is 0.286. The lowest BCUT2D eigenvalue weighted by molar-refractivity contribution is 0.593. The molecule has 2 aromatic rings. The van der Waals surface area contributed by atoms with E-state index < -0.39 is 0 Å². The largest absolute Gasteiger partial charge is 0.310 e. The molecule has 0 atom stereocenters. The smallest absolute Gasteiger partial charge is 0.131 e. The van der Waals surface area contributed by atoms with Crippen LogP contribution in [0, 0.1) is 5.82 Å². The molecule has 1 heterocycles. The summed E-state index contributed by atoms with van der Waals surface area (Å²) in [4.78, 5) is 2.19. The summed E-state index contributed by atoms with van der Waals surface area (Å²) in [6.45, 7) is 5.06. The third-order valence-electron chi connectivity index (χ3n) is 2.54. The molecule has 0 saturated carbocycles. The van der Waals surface area contributed by atoms with E-state index in [0.717, 1.165) is 15.9 Å². The normalized spacial score (nSPS) is 11.2. The van der Waals surface area contributed by atoms with Gasteiger partial charge in [0.1, 0.15) is 5.82 Å². The average Bonchev–Trinajstić information content (AvgIpc) is 2.78. The van der Waals surface area contributed by atoms with Crippen molar-refractivity contribution < 1.29 is 4.39 Å². The third-order valence-corrected chi connectivity index (χ3v) is 4.15. The van der Waals surface area contributed by atoms with Crippen molar-refractivity contribution in [3.05, 3.63) is 45.5 Å². The lowest BCUT2D eigenvalue weighted by Gasteiger charge is -2.05. The molecule has 0 radical (unpaired) electrons. The number of thiophene rings is 1. The molecule has 4 heteroatoms. The first kappa shape index (κ1) is 13.7. The van der Waals surface area contributed by atoms with Gasteiger partial charge in [-0.15, -0.1) is 11.3 Å². The summed E-state index contributed by atoms with van der Waals surface area (Å²) in [5.74, 6) is -0.177. The molecule has 0 fully saturated rings. The van der Waals surface area contributed by atoms with Gasteiger partial charge in [0.2, 0.25) is 0 Å². The summed E-state index contributed by atoms with van der Waals surface area (Å²) in [5, 5.41) is 3.36. The Bertz CT molecular complexity index is 536. The van der Waals surface area contributed by atoms with Crippen molar-refractivity contribution >= 4 is 27.3 Å². The number of nitrogens with one attached hydrogen (secondary N) is 1. The number of hydrogen-bond donors (Lipinski definition) is 1. The number of hydrogen-bond acceptors (Lipinski definition) is 2. The Balaban J connectivity index is 2.21. The van der Waals surface area contributed by atoms with Gasteiger partial charge in [-0.1, -0.05) is 29.8 Å². The van der Waals surface area contributed by atoms with Gasteiger partial charge >= 0.3 is 0 Å². The molecule has 0 aliphatic rings. The highest BCUT2D eigenvalue weighted by Gasteiger charge is 2.08. The van der Waals surface area contributed by atoms with Gasteiger partial charge in [-0.2, -0.15) is 0 Å². The SMILES string of the molecule is CC(C)NCc1ccc(-c2cc(Br)ccc2F)s1. The van der Waals surface area contributed by atoms with Gasteiger partial charge in [0, 0.05) is 32.4 Å². The summed E-state index contributed by atoms with van der Waals surface area (Å²) in [6, 6.07) is 9.51. The molecule has 0 unspecified atom stereocenters. The fourth-order valence-electron chi connectivity index (χ4n) is 1.61. The Kier molecular flexibility index (Phi) is 4.54. The molecule has 0 bridgehead atoms. The van der Waals surface area contributed by atoms with Crippen molar-refractivity contribution in [3.8, 4) is 10.4 Å². The molecule has 0 aliphatic heterocycles. The van der Waals surface area contributed by atoms with E-state index in [1.165, 1.54) is 10.9 Å². The van der Waals surface area contributed by atoms with Crippen molar-refractivity contribution in [2.75, 3.05) is 0 Å². The Morgan fingerprint density at radius 2 is 2.06 bits per heavy atom. The Morgan fingerprint density at radius 1 is 1.28 bits per heavy atom. The predicted octanol–water partition coefficient (Wildman–Crippen LogP) is 4.81. The summed E-state index contributed by atoms with van der Waals surface area (Å²) < 4.78 is 14.6. The second-order valence-electron chi connectivity index (χ2n) is 4.43. The van der Waals surface area contributed by atoms with Crippen LogP contribution in [0.4, 0.5) is 4.39 Å². The molecule has 96 valence electrons. The molecule has 0 spiro atoms. The molecule has 0 saturated heterocycles. The molecule has 18 heavy (non-hydrogen) atoms. The standard InChI is InChI=1S/C14H15BrFNS/c1-9(2)17-8-11-4-6-14(18-11)12-7-10(15)3-5-13(12)16/h3-7,9,17H,8H2,1-2H3. The lowest BCUT2D eigenvalue weighted by atomic mass is 10.2. The van der Waals surface area contributed by atoms with Gasteiger partial charge in [0.15, 0.2) is 0 Å². The highest BCUT2D eigenvalue weighted by Crippen LogP contribution is 2.32. The third kappa shape index (κ3) is 3.40. The molecule has 1 nitrogen and oxygen atoms in total. The Morgan fingerprint density at radius 3 is 2.78 bits per heavy atom. The van der Waals surface area contributed by atoms with Crippen molar-refractivity contribution in [1.29, 1.82) is 0 Å². The van der Waals surface area contributed by atoms with Crippen LogP contribution in [0.1, 0.15) is 18.7 Å². The zero-order valence-corrected chi connectivity index (χ0v) is 12.7. The van der Waals surface area contributed by atoms with Crippen LogP contribution >= 0.6 is 27.3 Å². The minimum atomic E-state index is -0.177. The second-order valence-corrected chi connectivity index (χ2v) is 6.51. The number of benzene rings is 1. The van der Waals surface area contributed by atoms with Gasteiger partial charge in [0.05, 0.1) is 0 Å². The van der Waals surface area contributed by atoms with Gasteiger partial charge < -0.3 is 5.32 Å². The van der Waals surface area contributed by atoms with Crippen LogP contribution < -0.4 is 5.32 Å². The first-order chi connectivity index (χ1) is 8.56. The maximum atomic E-state index is 13.7. The van der Waals surface area contributed by atoms with Gasteiger partial charge in [-0.3, -0.25) is 0 Å². The first-order valence-corrected chi connectivity index (χ1v) is 7.44. The minimum absolute atomic E-state index is 0.177. The highest BCUT2D eigenvalue weighted by molar-refractivity contribution is 9.10. The van der Waals surface area contributed by atoms with Crippen molar-refractivity contribution in [2.45, 2.75) is 26.4 Å². The summed E-state index contributed by atoms with van der Waals surface area (Å²) >= 11 is 5.00. The summed E-state index contributed by atoms with van der Waals surface area (Å²) in [6.07, 6.45) is 0.